The summed E-state index contributed by atoms with van der Waals surface area (Å²) in [6, 6.07) is 5.60. The smallest absolute Gasteiger partial charge is 0.342 e. The Kier molecular flexibility index (Phi) is 4.36. The molecule has 1 aromatic rings. The molecule has 126 valence electrons. The molecule has 0 unspecified atom stereocenters. The lowest BCUT2D eigenvalue weighted by Gasteiger charge is -2.32. The van der Waals surface area contributed by atoms with Crippen molar-refractivity contribution < 1.29 is 18.0 Å². The fraction of sp³-hybridized carbons (Fsp3) is 0.588. The van der Waals surface area contributed by atoms with Gasteiger partial charge in [-0.1, -0.05) is 18.2 Å². The molecule has 1 saturated heterocycles. The van der Waals surface area contributed by atoms with E-state index in [-0.39, 0.29) is 23.3 Å². The lowest BCUT2D eigenvalue weighted by Crippen LogP contribution is -2.42. The van der Waals surface area contributed by atoms with Gasteiger partial charge in [-0.05, 0) is 49.3 Å². The van der Waals surface area contributed by atoms with Gasteiger partial charge in [0.25, 0.3) is 0 Å². The summed E-state index contributed by atoms with van der Waals surface area (Å²) in [7, 11) is 0. The first-order valence-electron chi connectivity index (χ1n) is 8.06. The maximum Gasteiger partial charge on any atom is 0.416 e. The molecule has 3 atom stereocenters. The molecule has 6 heteroatoms. The van der Waals surface area contributed by atoms with Crippen LogP contribution >= 0.6 is 0 Å². The van der Waals surface area contributed by atoms with Crippen molar-refractivity contribution in [3.05, 3.63) is 35.4 Å². The van der Waals surface area contributed by atoms with Gasteiger partial charge in [-0.2, -0.15) is 13.2 Å². The fourth-order valence-corrected chi connectivity index (χ4v) is 3.58. The van der Waals surface area contributed by atoms with E-state index in [0.29, 0.717) is 32.0 Å². The Morgan fingerprint density at radius 3 is 2.74 bits per heavy atom. The molecule has 3 nitrogen and oxygen atoms in total. The van der Waals surface area contributed by atoms with E-state index in [9.17, 15) is 18.0 Å². The van der Waals surface area contributed by atoms with Crippen LogP contribution in [-0.4, -0.2) is 30.4 Å². The van der Waals surface area contributed by atoms with Gasteiger partial charge in [-0.25, -0.2) is 0 Å². The van der Waals surface area contributed by atoms with Crippen LogP contribution < -0.4 is 5.73 Å². The van der Waals surface area contributed by atoms with Crippen LogP contribution in [0.4, 0.5) is 13.2 Å². The Hall–Kier alpha value is -1.56. The van der Waals surface area contributed by atoms with Crippen LogP contribution in [0.15, 0.2) is 24.3 Å². The monoisotopic (exact) mass is 326 g/mol. The van der Waals surface area contributed by atoms with E-state index in [0.717, 1.165) is 18.9 Å². The van der Waals surface area contributed by atoms with Gasteiger partial charge in [-0.3, -0.25) is 4.79 Å². The highest BCUT2D eigenvalue weighted by atomic mass is 19.4. The second-order valence-electron chi connectivity index (χ2n) is 6.56. The van der Waals surface area contributed by atoms with Crippen molar-refractivity contribution in [3.8, 4) is 0 Å². The third kappa shape index (κ3) is 3.37. The predicted octanol–water partition coefficient (Wildman–Crippen LogP) is 3.01. The summed E-state index contributed by atoms with van der Waals surface area (Å²) >= 11 is 0. The summed E-state index contributed by atoms with van der Waals surface area (Å²) in [5.41, 5.74) is 5.32. The first-order chi connectivity index (χ1) is 10.9. The summed E-state index contributed by atoms with van der Waals surface area (Å²) in [4.78, 5) is 14.4. The molecule has 1 aliphatic carbocycles. The van der Waals surface area contributed by atoms with Gasteiger partial charge in [0.1, 0.15) is 0 Å². The Bertz CT molecular complexity index is 587. The van der Waals surface area contributed by atoms with Crippen molar-refractivity contribution >= 4 is 5.91 Å². The minimum Gasteiger partial charge on any atom is -0.342 e. The Morgan fingerprint density at radius 1 is 1.30 bits per heavy atom. The van der Waals surface area contributed by atoms with E-state index in [1.165, 1.54) is 12.1 Å². The molecular weight excluding hydrogens is 305 g/mol. The number of nitrogens with zero attached hydrogens (tertiary/aromatic N) is 1. The molecule has 0 bridgehead atoms. The van der Waals surface area contributed by atoms with Crippen LogP contribution in [0.5, 0.6) is 0 Å². The topological polar surface area (TPSA) is 46.3 Å². The number of halogens is 3. The highest BCUT2D eigenvalue weighted by molar-refractivity contribution is 5.83. The quantitative estimate of drug-likeness (QED) is 0.928. The van der Waals surface area contributed by atoms with Gasteiger partial charge < -0.3 is 10.6 Å². The van der Waals surface area contributed by atoms with Crippen LogP contribution in [0.3, 0.4) is 0 Å². The van der Waals surface area contributed by atoms with Gasteiger partial charge in [0.15, 0.2) is 0 Å². The zero-order chi connectivity index (χ0) is 16.6. The van der Waals surface area contributed by atoms with E-state index in [2.05, 4.69) is 0 Å². The Balaban J connectivity index is 1.71. The lowest BCUT2D eigenvalue weighted by molar-refractivity contribution is -0.139. The molecule has 23 heavy (non-hydrogen) atoms. The zero-order valence-corrected chi connectivity index (χ0v) is 12.9. The standard InChI is InChI=1S/C17H21F3N2O/c18-17(19,20)15-6-2-1-5-12(15)13-8-14(13)16(23)22-7-3-4-11(9-21)10-22/h1-2,5-6,11,13-14H,3-4,7-10,21H2/t11-,13+,14-/m1/s1. The number of piperidine rings is 1. The Labute approximate surface area is 133 Å². The average molecular weight is 326 g/mol. The molecule has 2 N–H and O–H groups in total. The van der Waals surface area contributed by atoms with Crippen molar-refractivity contribution in [2.24, 2.45) is 17.6 Å². The molecule has 3 rings (SSSR count). The minimum absolute atomic E-state index is 0.00914. The second-order valence-corrected chi connectivity index (χ2v) is 6.56. The van der Waals surface area contributed by atoms with Crippen LogP contribution in [0.2, 0.25) is 0 Å². The largest absolute Gasteiger partial charge is 0.416 e. The highest BCUT2D eigenvalue weighted by Crippen LogP contribution is 2.51. The van der Waals surface area contributed by atoms with Crippen LogP contribution in [-0.2, 0) is 11.0 Å². The summed E-state index contributed by atoms with van der Waals surface area (Å²) in [5, 5.41) is 0. The molecule has 2 aliphatic rings. The molecule has 1 heterocycles. The first-order valence-corrected chi connectivity index (χ1v) is 8.06. The molecule has 0 radical (unpaired) electrons. The van der Waals surface area contributed by atoms with Gasteiger partial charge in [0.05, 0.1) is 5.56 Å². The summed E-state index contributed by atoms with van der Waals surface area (Å²) in [6.07, 6.45) is -1.92. The normalized spacial score (nSPS) is 27.8. The number of amides is 1. The molecule has 2 fully saturated rings. The molecule has 1 saturated carbocycles. The number of nitrogens with two attached hydrogens (primary N) is 1. The molecule has 1 aliphatic heterocycles. The van der Waals surface area contributed by atoms with Crippen LogP contribution in [0.1, 0.15) is 36.3 Å². The van der Waals surface area contributed by atoms with Gasteiger partial charge in [0, 0.05) is 19.0 Å². The zero-order valence-electron chi connectivity index (χ0n) is 12.9. The maximum absolute atomic E-state index is 13.1. The Morgan fingerprint density at radius 2 is 2.04 bits per heavy atom. The number of hydrogen-bond acceptors (Lipinski definition) is 2. The fourth-order valence-electron chi connectivity index (χ4n) is 3.58. The van der Waals surface area contributed by atoms with E-state index in [1.54, 1.807) is 11.0 Å². The number of rotatable bonds is 3. The van der Waals surface area contributed by atoms with Crippen molar-refractivity contribution in [3.63, 3.8) is 0 Å². The SMILES string of the molecule is NC[C@H]1CCCN(C(=O)[C@@H]2C[C@H]2c2ccccc2C(F)(F)F)C1. The van der Waals surface area contributed by atoms with Crippen LogP contribution in [0, 0.1) is 11.8 Å². The van der Waals surface area contributed by atoms with Crippen molar-refractivity contribution in [1.29, 1.82) is 0 Å². The number of likely N-dealkylation sites (tertiary alicyclic amines) is 1. The third-order valence-electron chi connectivity index (χ3n) is 4.94. The van der Waals surface area contributed by atoms with Gasteiger partial charge in [-0.15, -0.1) is 0 Å². The number of carbonyl (C=O) groups excluding carboxylic acids is 1. The highest BCUT2D eigenvalue weighted by Gasteiger charge is 2.49. The number of hydrogen-bond donors (Lipinski definition) is 1. The first kappa shape index (κ1) is 16.3. The molecule has 1 aromatic carbocycles. The molecule has 0 spiro atoms. The van der Waals surface area contributed by atoms with Crippen LogP contribution in [0.25, 0.3) is 0 Å². The van der Waals surface area contributed by atoms with E-state index >= 15 is 0 Å². The number of benzene rings is 1. The maximum atomic E-state index is 13.1. The van der Waals surface area contributed by atoms with E-state index in [1.807, 2.05) is 0 Å². The molecule has 1 amide bonds. The molecule has 0 aromatic heterocycles. The van der Waals surface area contributed by atoms with Gasteiger partial charge in [0.2, 0.25) is 5.91 Å². The third-order valence-corrected chi connectivity index (χ3v) is 4.94. The van der Waals surface area contributed by atoms with E-state index in [4.69, 9.17) is 5.73 Å². The lowest BCUT2D eigenvalue weighted by atomic mass is 9.97. The molecular formula is C17H21F3N2O. The number of carbonyl (C=O) groups is 1. The average Bonchev–Trinajstić information content (AvgIpc) is 3.34. The van der Waals surface area contributed by atoms with Crippen molar-refractivity contribution in [2.45, 2.75) is 31.4 Å². The number of alkyl halides is 3. The summed E-state index contributed by atoms with van der Waals surface area (Å²) in [6.45, 7) is 1.88. The summed E-state index contributed by atoms with van der Waals surface area (Å²) < 4.78 is 39.3. The van der Waals surface area contributed by atoms with E-state index < -0.39 is 11.7 Å². The summed E-state index contributed by atoms with van der Waals surface area (Å²) in [5.74, 6) is -0.314. The minimum atomic E-state index is -4.37. The van der Waals surface area contributed by atoms with Crippen molar-refractivity contribution in [1.82, 2.24) is 4.90 Å². The van der Waals surface area contributed by atoms with Gasteiger partial charge >= 0.3 is 6.18 Å². The van der Waals surface area contributed by atoms with Crippen molar-refractivity contribution in [2.75, 3.05) is 19.6 Å². The second kappa shape index (κ2) is 6.15. The predicted molar refractivity (Wildman–Crippen MR) is 80.7 cm³/mol.